The quantitative estimate of drug-likeness (QED) is 0.751. The molecule has 1 saturated heterocycles. The molecule has 6 nitrogen and oxygen atoms in total. The highest BCUT2D eigenvalue weighted by atomic mass is 16.2. The molecule has 0 radical (unpaired) electrons. The number of hydrogen-bond acceptors (Lipinski definition) is 5. The van der Waals surface area contributed by atoms with Crippen molar-refractivity contribution in [1.29, 1.82) is 0 Å². The minimum Gasteiger partial charge on any atom is -0.357 e. The van der Waals surface area contributed by atoms with Crippen molar-refractivity contribution in [3.05, 3.63) is 71.4 Å². The SMILES string of the molecule is CN1CCN(C(=O)CN2c3ccccc3NC3=C(C(=O)CC(C)(C)C3)[C@@H]2c2ccccc2)CC1. The van der Waals surface area contributed by atoms with Gasteiger partial charge in [0.25, 0.3) is 0 Å². The maximum absolute atomic E-state index is 13.7. The summed E-state index contributed by atoms with van der Waals surface area (Å²) in [6, 6.07) is 18.0. The van der Waals surface area contributed by atoms with Crippen molar-refractivity contribution in [2.45, 2.75) is 32.7 Å². The molecule has 1 amide bonds. The molecule has 1 atom stereocenters. The van der Waals surface area contributed by atoms with Gasteiger partial charge in [-0.3, -0.25) is 9.59 Å². The van der Waals surface area contributed by atoms with E-state index in [9.17, 15) is 9.59 Å². The van der Waals surface area contributed by atoms with Gasteiger partial charge in [0.15, 0.2) is 5.78 Å². The van der Waals surface area contributed by atoms with Crippen molar-refractivity contribution < 1.29 is 9.59 Å². The highest BCUT2D eigenvalue weighted by Gasteiger charge is 2.42. The lowest BCUT2D eigenvalue weighted by atomic mass is 9.73. The zero-order valence-electron chi connectivity index (χ0n) is 20.4. The van der Waals surface area contributed by atoms with Gasteiger partial charge in [-0.2, -0.15) is 0 Å². The number of nitrogens with one attached hydrogen (secondary N) is 1. The Kier molecular flexibility index (Phi) is 5.94. The Morgan fingerprint density at radius 1 is 0.971 bits per heavy atom. The third kappa shape index (κ3) is 4.34. The standard InChI is InChI=1S/C28H34N4O2/c1-28(2)17-22-26(24(33)18-28)27(20-9-5-4-6-10-20)32(23-12-8-7-11-21(23)29-22)19-25(34)31-15-13-30(3)14-16-31/h4-12,27,29H,13-19H2,1-3H3/t27-/m0/s1. The largest absolute Gasteiger partial charge is 0.357 e. The number of Topliss-reactive ketones (excluding diaryl/α,β-unsaturated/α-hetero) is 1. The molecule has 178 valence electrons. The summed E-state index contributed by atoms with van der Waals surface area (Å²) in [5, 5.41) is 3.62. The molecule has 1 aliphatic carbocycles. The lowest BCUT2D eigenvalue weighted by Crippen LogP contribution is -2.50. The molecule has 0 aromatic heterocycles. The van der Waals surface area contributed by atoms with Crippen LogP contribution in [0.5, 0.6) is 0 Å². The summed E-state index contributed by atoms with van der Waals surface area (Å²) in [5.41, 5.74) is 4.62. The number of likely N-dealkylation sites (N-methyl/N-ethyl adjacent to an activating group) is 1. The summed E-state index contributed by atoms with van der Waals surface area (Å²) in [6.45, 7) is 7.78. The molecule has 3 aliphatic rings. The second-order valence-corrected chi connectivity index (χ2v) is 10.6. The van der Waals surface area contributed by atoms with Crippen LogP contribution >= 0.6 is 0 Å². The van der Waals surface area contributed by atoms with Gasteiger partial charge in [0, 0.05) is 43.9 Å². The first kappa shape index (κ1) is 22.7. The monoisotopic (exact) mass is 458 g/mol. The van der Waals surface area contributed by atoms with Gasteiger partial charge in [-0.25, -0.2) is 0 Å². The molecule has 6 heteroatoms. The van der Waals surface area contributed by atoms with Crippen LogP contribution in [0.4, 0.5) is 11.4 Å². The van der Waals surface area contributed by atoms with E-state index in [1.807, 2.05) is 41.3 Å². The fourth-order valence-electron chi connectivity index (χ4n) is 5.51. The van der Waals surface area contributed by atoms with Crippen LogP contribution in [0.3, 0.4) is 0 Å². The van der Waals surface area contributed by atoms with E-state index in [2.05, 4.69) is 54.2 Å². The van der Waals surface area contributed by atoms with Gasteiger partial charge < -0.3 is 20.0 Å². The number of fused-ring (bicyclic) bond motifs is 1. The Bertz CT molecular complexity index is 1120. The number of ketones is 1. The molecule has 1 fully saturated rings. The Balaban J connectivity index is 1.62. The average molecular weight is 459 g/mol. The van der Waals surface area contributed by atoms with Crippen LogP contribution in [0.15, 0.2) is 65.9 Å². The first-order valence-corrected chi connectivity index (χ1v) is 12.2. The van der Waals surface area contributed by atoms with E-state index in [1.165, 1.54) is 0 Å². The van der Waals surface area contributed by atoms with Crippen LogP contribution in [-0.2, 0) is 9.59 Å². The Morgan fingerprint density at radius 2 is 1.65 bits per heavy atom. The van der Waals surface area contributed by atoms with E-state index in [1.54, 1.807) is 0 Å². The third-order valence-electron chi connectivity index (χ3n) is 7.28. The summed E-state index contributed by atoms with van der Waals surface area (Å²) in [4.78, 5) is 33.6. The Labute approximate surface area is 202 Å². The minimum atomic E-state index is -0.313. The van der Waals surface area contributed by atoms with E-state index in [0.717, 1.165) is 60.8 Å². The molecular weight excluding hydrogens is 424 g/mol. The fourth-order valence-corrected chi connectivity index (χ4v) is 5.51. The zero-order chi connectivity index (χ0) is 23.9. The molecule has 0 saturated carbocycles. The zero-order valence-corrected chi connectivity index (χ0v) is 20.4. The molecule has 2 heterocycles. The van der Waals surface area contributed by atoms with E-state index in [0.29, 0.717) is 6.42 Å². The van der Waals surface area contributed by atoms with Gasteiger partial charge in [-0.05, 0) is 36.6 Å². The molecule has 0 bridgehead atoms. The van der Waals surface area contributed by atoms with E-state index in [-0.39, 0.29) is 29.7 Å². The highest BCUT2D eigenvalue weighted by Crippen LogP contribution is 2.48. The molecule has 0 unspecified atom stereocenters. The third-order valence-corrected chi connectivity index (χ3v) is 7.28. The summed E-state index contributed by atoms with van der Waals surface area (Å²) in [7, 11) is 2.09. The smallest absolute Gasteiger partial charge is 0.242 e. The predicted molar refractivity (Wildman–Crippen MR) is 136 cm³/mol. The van der Waals surface area contributed by atoms with E-state index in [4.69, 9.17) is 0 Å². The van der Waals surface area contributed by atoms with Crippen molar-refractivity contribution in [3.8, 4) is 0 Å². The van der Waals surface area contributed by atoms with Crippen molar-refractivity contribution in [3.63, 3.8) is 0 Å². The minimum absolute atomic E-state index is 0.107. The van der Waals surface area contributed by atoms with Gasteiger partial charge in [0.1, 0.15) is 0 Å². The van der Waals surface area contributed by atoms with E-state index < -0.39 is 0 Å². The normalized spacial score (nSPS) is 22.6. The van der Waals surface area contributed by atoms with Crippen LogP contribution in [0.1, 0.15) is 38.3 Å². The van der Waals surface area contributed by atoms with Gasteiger partial charge in [-0.15, -0.1) is 0 Å². The summed E-state index contributed by atoms with van der Waals surface area (Å²) >= 11 is 0. The summed E-state index contributed by atoms with van der Waals surface area (Å²) in [6.07, 6.45) is 1.30. The summed E-state index contributed by atoms with van der Waals surface area (Å²) in [5.74, 6) is 0.272. The predicted octanol–water partition coefficient (Wildman–Crippen LogP) is 4.08. The van der Waals surface area contributed by atoms with Crippen molar-refractivity contribution >= 4 is 23.1 Å². The van der Waals surface area contributed by atoms with Gasteiger partial charge in [-0.1, -0.05) is 56.3 Å². The Morgan fingerprint density at radius 3 is 2.38 bits per heavy atom. The number of benzene rings is 2. The van der Waals surface area contributed by atoms with Crippen LogP contribution in [0, 0.1) is 5.41 Å². The number of allylic oxidation sites excluding steroid dienone is 1. The first-order chi connectivity index (χ1) is 16.3. The van der Waals surface area contributed by atoms with Gasteiger partial charge in [0.2, 0.25) is 5.91 Å². The molecule has 2 aliphatic heterocycles. The fraction of sp³-hybridized carbons (Fsp3) is 0.429. The van der Waals surface area contributed by atoms with Crippen molar-refractivity contribution in [1.82, 2.24) is 9.80 Å². The van der Waals surface area contributed by atoms with Crippen LogP contribution in [0.25, 0.3) is 0 Å². The van der Waals surface area contributed by atoms with Gasteiger partial charge >= 0.3 is 0 Å². The molecule has 2 aromatic carbocycles. The molecular formula is C28H34N4O2. The van der Waals surface area contributed by atoms with Crippen LogP contribution < -0.4 is 10.2 Å². The average Bonchev–Trinajstić information content (AvgIpc) is 2.94. The number of amides is 1. The number of nitrogens with zero attached hydrogens (tertiary/aromatic N) is 3. The molecule has 0 spiro atoms. The van der Waals surface area contributed by atoms with Crippen molar-refractivity contribution in [2.75, 3.05) is 50.0 Å². The highest BCUT2D eigenvalue weighted by molar-refractivity contribution is 6.01. The number of piperazine rings is 1. The number of carbonyl (C=O) groups excluding carboxylic acids is 2. The number of hydrogen-bond donors (Lipinski definition) is 1. The van der Waals surface area contributed by atoms with Gasteiger partial charge in [0.05, 0.1) is 24.0 Å². The van der Waals surface area contributed by atoms with Crippen LogP contribution in [0.2, 0.25) is 0 Å². The van der Waals surface area contributed by atoms with E-state index >= 15 is 0 Å². The second-order valence-electron chi connectivity index (χ2n) is 10.6. The molecule has 1 N–H and O–H groups in total. The maximum Gasteiger partial charge on any atom is 0.242 e. The second kappa shape index (κ2) is 8.91. The topological polar surface area (TPSA) is 55.9 Å². The number of para-hydroxylation sites is 2. The molecule has 34 heavy (non-hydrogen) atoms. The number of anilines is 2. The lowest BCUT2D eigenvalue weighted by molar-refractivity contribution is -0.131. The summed E-state index contributed by atoms with van der Waals surface area (Å²) < 4.78 is 0. The first-order valence-electron chi connectivity index (χ1n) is 12.2. The van der Waals surface area contributed by atoms with Crippen molar-refractivity contribution in [2.24, 2.45) is 5.41 Å². The van der Waals surface area contributed by atoms with Crippen LogP contribution in [-0.4, -0.2) is 61.3 Å². The Hall–Kier alpha value is -3.12. The maximum atomic E-state index is 13.7. The number of carbonyl (C=O) groups is 2. The molecule has 2 aromatic rings. The lowest BCUT2D eigenvalue weighted by Gasteiger charge is -2.39. The number of rotatable bonds is 3. The molecule has 5 rings (SSSR count).